The summed E-state index contributed by atoms with van der Waals surface area (Å²) in [6, 6.07) is -0.104. The van der Waals surface area contributed by atoms with Crippen molar-refractivity contribution in [1.82, 2.24) is 25.7 Å². The average Bonchev–Trinajstić information content (AvgIpc) is 3.09. The summed E-state index contributed by atoms with van der Waals surface area (Å²) in [6.07, 6.45) is 2.77. The van der Waals surface area contributed by atoms with Gasteiger partial charge in [0.15, 0.2) is 0 Å². The molecule has 2 saturated heterocycles. The minimum atomic E-state index is -0.443. The number of amides is 3. The van der Waals surface area contributed by atoms with Crippen molar-refractivity contribution in [1.29, 1.82) is 0 Å². The molecular formula is C14H21N5O3S. The molecule has 0 aliphatic carbocycles. The maximum atomic E-state index is 12.3. The molecule has 0 aromatic carbocycles. The van der Waals surface area contributed by atoms with Crippen LogP contribution in [0.2, 0.25) is 0 Å². The molecule has 8 nitrogen and oxygen atoms in total. The van der Waals surface area contributed by atoms with Crippen LogP contribution in [0.5, 0.6) is 0 Å². The zero-order chi connectivity index (χ0) is 16.3. The van der Waals surface area contributed by atoms with Crippen molar-refractivity contribution >= 4 is 23.5 Å². The lowest BCUT2D eigenvalue weighted by atomic mass is 9.95. The van der Waals surface area contributed by atoms with Crippen LogP contribution in [0.15, 0.2) is 0 Å². The van der Waals surface area contributed by atoms with Crippen molar-refractivity contribution < 1.29 is 14.3 Å². The number of hydrogen-bond donors (Lipinski definition) is 2. The van der Waals surface area contributed by atoms with Gasteiger partial charge in [0.25, 0.3) is 0 Å². The average molecular weight is 339 g/mol. The van der Waals surface area contributed by atoms with Gasteiger partial charge < -0.3 is 20.3 Å². The summed E-state index contributed by atoms with van der Waals surface area (Å²) in [7, 11) is 0. The molecule has 0 radical (unpaired) electrons. The van der Waals surface area contributed by atoms with Gasteiger partial charge in [-0.15, -0.1) is 10.2 Å². The number of nitrogens with one attached hydrogen (secondary N) is 2. The third kappa shape index (κ3) is 3.72. The lowest BCUT2D eigenvalue weighted by Gasteiger charge is -2.25. The highest BCUT2D eigenvalue weighted by Gasteiger charge is 2.41. The standard InChI is InChI=1S/C14H21N5O3S/c1-2-10-17-18-11(23-10)8-15-12(20)19-6-3-4-14(5-7-19)9-16-13(21)22-14/h2-9H2,1H3,(H,15,20)(H,16,21). The van der Waals surface area contributed by atoms with E-state index < -0.39 is 5.60 Å². The van der Waals surface area contributed by atoms with Gasteiger partial charge in [-0.05, 0) is 19.3 Å². The highest BCUT2D eigenvalue weighted by atomic mass is 32.1. The number of likely N-dealkylation sites (tertiary alicyclic amines) is 1. The SMILES string of the molecule is CCc1nnc(CNC(=O)N2CCCC3(CC2)CNC(=O)O3)s1. The molecule has 0 bridgehead atoms. The Bertz CT molecular complexity index is 593. The van der Waals surface area contributed by atoms with Crippen molar-refractivity contribution in [3.63, 3.8) is 0 Å². The van der Waals surface area contributed by atoms with E-state index in [1.54, 1.807) is 4.90 Å². The summed E-state index contributed by atoms with van der Waals surface area (Å²) in [4.78, 5) is 25.4. The fraction of sp³-hybridized carbons (Fsp3) is 0.714. The molecular weight excluding hydrogens is 318 g/mol. The number of alkyl carbamates (subject to hydrolysis) is 1. The molecule has 3 rings (SSSR count). The first kappa shape index (κ1) is 16.0. The molecule has 1 atom stereocenters. The molecule has 1 aromatic heterocycles. The minimum absolute atomic E-state index is 0.104. The fourth-order valence-electron chi connectivity index (χ4n) is 2.92. The molecule has 2 fully saturated rings. The van der Waals surface area contributed by atoms with Crippen LogP contribution in [-0.4, -0.2) is 52.5 Å². The maximum absolute atomic E-state index is 12.3. The smallest absolute Gasteiger partial charge is 0.407 e. The number of ether oxygens (including phenoxy) is 1. The van der Waals surface area contributed by atoms with E-state index in [0.29, 0.717) is 32.6 Å². The van der Waals surface area contributed by atoms with Crippen molar-refractivity contribution in [2.45, 2.75) is 44.8 Å². The van der Waals surface area contributed by atoms with Crippen molar-refractivity contribution in [3.05, 3.63) is 10.0 Å². The summed E-state index contributed by atoms with van der Waals surface area (Å²) < 4.78 is 5.42. The Labute approximate surface area is 138 Å². The highest BCUT2D eigenvalue weighted by Crippen LogP contribution is 2.29. The van der Waals surface area contributed by atoms with Crippen LogP contribution < -0.4 is 10.6 Å². The molecule has 1 aromatic rings. The third-order valence-corrected chi connectivity index (χ3v) is 5.32. The molecule has 23 heavy (non-hydrogen) atoms. The van der Waals surface area contributed by atoms with Gasteiger partial charge in [-0.1, -0.05) is 18.3 Å². The van der Waals surface area contributed by atoms with Gasteiger partial charge in [0.2, 0.25) is 0 Å². The summed E-state index contributed by atoms with van der Waals surface area (Å²) in [5.41, 5.74) is -0.443. The zero-order valence-electron chi connectivity index (χ0n) is 13.1. The highest BCUT2D eigenvalue weighted by molar-refractivity contribution is 7.11. The molecule has 3 heterocycles. The number of aryl methyl sites for hydroxylation is 1. The van der Waals surface area contributed by atoms with Gasteiger partial charge in [0, 0.05) is 19.5 Å². The Kier molecular flexibility index (Phi) is 4.65. The Morgan fingerprint density at radius 1 is 1.39 bits per heavy atom. The maximum Gasteiger partial charge on any atom is 0.407 e. The van der Waals surface area contributed by atoms with Crippen LogP contribution in [0.4, 0.5) is 9.59 Å². The van der Waals surface area contributed by atoms with Crippen LogP contribution in [-0.2, 0) is 17.7 Å². The summed E-state index contributed by atoms with van der Waals surface area (Å²) >= 11 is 1.52. The molecule has 3 amide bonds. The largest absolute Gasteiger partial charge is 0.441 e. The predicted molar refractivity (Wildman–Crippen MR) is 84.2 cm³/mol. The first-order valence-corrected chi connectivity index (χ1v) is 8.73. The molecule has 1 spiro atoms. The summed E-state index contributed by atoms with van der Waals surface area (Å²) in [6.45, 7) is 4.21. The van der Waals surface area contributed by atoms with Gasteiger partial charge in [0.1, 0.15) is 15.6 Å². The van der Waals surface area contributed by atoms with Gasteiger partial charge in [-0.25, -0.2) is 9.59 Å². The molecule has 2 aliphatic heterocycles. The number of carbonyl (C=O) groups excluding carboxylic acids is 2. The second kappa shape index (κ2) is 6.69. The number of urea groups is 1. The molecule has 9 heteroatoms. The lowest BCUT2D eigenvalue weighted by molar-refractivity contribution is 0.0453. The number of aromatic nitrogens is 2. The topological polar surface area (TPSA) is 96.5 Å². The van der Waals surface area contributed by atoms with E-state index in [4.69, 9.17) is 4.74 Å². The van der Waals surface area contributed by atoms with Crippen LogP contribution in [0.3, 0.4) is 0 Å². The molecule has 126 valence electrons. The monoisotopic (exact) mass is 339 g/mol. The van der Waals surface area contributed by atoms with E-state index in [1.165, 1.54) is 11.3 Å². The number of hydrogen-bond acceptors (Lipinski definition) is 6. The van der Waals surface area contributed by atoms with Gasteiger partial charge in [-0.2, -0.15) is 0 Å². The summed E-state index contributed by atoms with van der Waals surface area (Å²) in [5, 5.41) is 15.5. The molecule has 0 saturated carbocycles. The van der Waals surface area contributed by atoms with Crippen LogP contribution in [0.1, 0.15) is 36.2 Å². The van der Waals surface area contributed by atoms with Gasteiger partial charge in [0.05, 0.1) is 13.1 Å². The minimum Gasteiger partial charge on any atom is -0.441 e. The Morgan fingerprint density at radius 2 is 2.22 bits per heavy atom. The van der Waals surface area contributed by atoms with E-state index in [2.05, 4.69) is 20.8 Å². The first-order valence-electron chi connectivity index (χ1n) is 7.91. The Morgan fingerprint density at radius 3 is 2.91 bits per heavy atom. The van der Waals surface area contributed by atoms with Crippen LogP contribution >= 0.6 is 11.3 Å². The zero-order valence-corrected chi connectivity index (χ0v) is 13.9. The van der Waals surface area contributed by atoms with Crippen LogP contribution in [0.25, 0.3) is 0 Å². The summed E-state index contributed by atoms with van der Waals surface area (Å²) in [5.74, 6) is 0. The van der Waals surface area contributed by atoms with Crippen LogP contribution in [0, 0.1) is 0 Å². The van der Waals surface area contributed by atoms with E-state index in [1.807, 2.05) is 6.92 Å². The Hall–Kier alpha value is -1.90. The van der Waals surface area contributed by atoms with Crippen molar-refractivity contribution in [3.8, 4) is 0 Å². The van der Waals surface area contributed by atoms with Gasteiger partial charge in [-0.3, -0.25) is 0 Å². The normalized spacial score (nSPS) is 24.2. The molecule has 2 N–H and O–H groups in total. The van der Waals surface area contributed by atoms with E-state index in [9.17, 15) is 9.59 Å². The second-order valence-corrected chi connectivity index (χ2v) is 7.02. The number of carbonyl (C=O) groups is 2. The van der Waals surface area contributed by atoms with E-state index >= 15 is 0 Å². The number of rotatable bonds is 3. The number of nitrogens with zero attached hydrogens (tertiary/aromatic N) is 3. The quantitative estimate of drug-likeness (QED) is 0.864. The van der Waals surface area contributed by atoms with Crippen molar-refractivity contribution in [2.75, 3.05) is 19.6 Å². The van der Waals surface area contributed by atoms with E-state index in [-0.39, 0.29) is 12.1 Å². The molecule has 2 aliphatic rings. The Balaban J connectivity index is 1.51. The van der Waals surface area contributed by atoms with E-state index in [0.717, 1.165) is 29.3 Å². The van der Waals surface area contributed by atoms with Crippen molar-refractivity contribution in [2.24, 2.45) is 0 Å². The fourth-order valence-corrected chi connectivity index (χ4v) is 3.64. The third-order valence-electron chi connectivity index (χ3n) is 4.25. The predicted octanol–water partition coefficient (Wildman–Crippen LogP) is 1.27. The molecule has 1 unspecified atom stereocenters. The van der Waals surface area contributed by atoms with Gasteiger partial charge >= 0.3 is 12.1 Å². The second-order valence-electron chi connectivity index (χ2n) is 5.87. The lowest BCUT2D eigenvalue weighted by Crippen LogP contribution is -2.41. The first-order chi connectivity index (χ1) is 11.1.